The maximum Gasteiger partial charge on any atom is 0.390 e. The normalized spacial score (nSPS) is 9.79. The highest BCUT2D eigenvalue weighted by atomic mass is 79.9. The van der Waals surface area contributed by atoms with Gasteiger partial charge < -0.3 is 14.9 Å². The second-order valence-electron chi connectivity index (χ2n) is 2.22. The molecule has 0 fully saturated rings. The first-order chi connectivity index (χ1) is 6.65. The molecule has 0 spiro atoms. The molecule has 0 atom stereocenters. The molecule has 14 heavy (non-hydrogen) atoms. The molecule has 0 saturated carbocycles. The van der Waals surface area contributed by atoms with Crippen molar-refractivity contribution < 1.29 is 14.5 Å². The van der Waals surface area contributed by atoms with Gasteiger partial charge in [0.2, 0.25) is 0 Å². The molecule has 0 aliphatic rings. The van der Waals surface area contributed by atoms with Crippen molar-refractivity contribution in [2.45, 2.75) is 0 Å². The zero-order valence-corrected chi connectivity index (χ0v) is 8.48. The van der Waals surface area contributed by atoms with Gasteiger partial charge in [-0.25, -0.2) is 4.79 Å². The summed E-state index contributed by atoms with van der Waals surface area (Å²) in [5.74, 6) is -1.07. The lowest BCUT2D eigenvalue weighted by Crippen LogP contribution is -2.07. The van der Waals surface area contributed by atoms with E-state index in [4.69, 9.17) is 4.74 Å². The van der Waals surface area contributed by atoms with Crippen LogP contribution in [-0.4, -0.2) is 33.0 Å². The second-order valence-corrected chi connectivity index (χ2v) is 3.01. The molecule has 0 saturated heterocycles. The van der Waals surface area contributed by atoms with Gasteiger partial charge in [-0.3, -0.25) is 0 Å². The molecule has 1 aromatic rings. The number of H-pyrrole nitrogens is 1. The van der Waals surface area contributed by atoms with E-state index in [1.54, 1.807) is 0 Å². The first kappa shape index (κ1) is 10.6. The minimum Gasteiger partial charge on any atom is -0.460 e. The maximum atomic E-state index is 11.1. The van der Waals surface area contributed by atoms with Crippen LogP contribution in [0.5, 0.6) is 0 Å². The SMILES string of the molecule is O=C(OCCBr)c1cc([N+](=O)[O-])n[nH]1. The number of aromatic amines is 1. The predicted molar refractivity (Wildman–Crippen MR) is 49.3 cm³/mol. The largest absolute Gasteiger partial charge is 0.460 e. The number of hydrogen-bond donors (Lipinski definition) is 1. The van der Waals surface area contributed by atoms with Gasteiger partial charge in [0, 0.05) is 5.33 Å². The Hall–Kier alpha value is -1.44. The standard InChI is InChI=1S/C6H6BrN3O4/c7-1-2-14-6(11)4-3-5(9-8-4)10(12)13/h3H,1-2H2,(H,8,9). The van der Waals surface area contributed by atoms with Gasteiger partial charge in [0.1, 0.15) is 6.61 Å². The predicted octanol–water partition coefficient (Wildman–Crippen LogP) is 0.870. The maximum absolute atomic E-state index is 11.1. The van der Waals surface area contributed by atoms with Crippen LogP contribution < -0.4 is 0 Å². The second kappa shape index (κ2) is 4.70. The molecule has 0 bridgehead atoms. The number of halogens is 1. The summed E-state index contributed by atoms with van der Waals surface area (Å²) in [4.78, 5) is 20.6. The summed E-state index contributed by atoms with van der Waals surface area (Å²) in [6.07, 6.45) is 0. The fraction of sp³-hybridized carbons (Fsp3) is 0.333. The highest BCUT2D eigenvalue weighted by molar-refractivity contribution is 9.09. The molecule has 76 valence electrons. The van der Waals surface area contributed by atoms with E-state index < -0.39 is 16.7 Å². The summed E-state index contributed by atoms with van der Waals surface area (Å²) >= 11 is 3.07. The number of esters is 1. The van der Waals surface area contributed by atoms with Crippen molar-refractivity contribution in [3.8, 4) is 0 Å². The number of rotatable bonds is 4. The van der Waals surface area contributed by atoms with Crippen molar-refractivity contribution in [2.24, 2.45) is 0 Å². The minimum absolute atomic E-state index is 0.0300. The Morgan fingerprint density at radius 2 is 2.50 bits per heavy atom. The van der Waals surface area contributed by atoms with E-state index in [1.165, 1.54) is 0 Å². The molecule has 0 aliphatic heterocycles. The number of aromatic nitrogens is 2. The van der Waals surface area contributed by atoms with Crippen molar-refractivity contribution in [3.05, 3.63) is 21.9 Å². The lowest BCUT2D eigenvalue weighted by Gasteiger charge is -1.96. The fourth-order valence-electron chi connectivity index (χ4n) is 0.718. The summed E-state index contributed by atoms with van der Waals surface area (Å²) in [6.45, 7) is 0.200. The van der Waals surface area contributed by atoms with Gasteiger partial charge in [0.05, 0.1) is 11.2 Å². The summed E-state index contributed by atoms with van der Waals surface area (Å²) in [6, 6.07) is 1.02. The van der Waals surface area contributed by atoms with Gasteiger partial charge in [-0.1, -0.05) is 15.9 Å². The molecule has 0 amide bonds. The van der Waals surface area contributed by atoms with Gasteiger partial charge in [-0.15, -0.1) is 0 Å². The van der Waals surface area contributed by atoms with Crippen LogP contribution in [0.3, 0.4) is 0 Å². The van der Waals surface area contributed by atoms with E-state index in [9.17, 15) is 14.9 Å². The topological polar surface area (TPSA) is 98.1 Å². The highest BCUT2D eigenvalue weighted by Gasteiger charge is 2.17. The number of ether oxygens (including phenoxy) is 1. The summed E-state index contributed by atoms with van der Waals surface area (Å²) in [7, 11) is 0. The molecule has 1 N–H and O–H groups in total. The number of carbonyl (C=O) groups excluding carboxylic acids is 1. The number of nitrogens with zero attached hydrogens (tertiary/aromatic N) is 2. The van der Waals surface area contributed by atoms with Crippen LogP contribution >= 0.6 is 15.9 Å². The average molecular weight is 264 g/mol. The minimum atomic E-state index is -0.697. The molecule has 0 radical (unpaired) electrons. The van der Waals surface area contributed by atoms with E-state index in [1.807, 2.05) is 0 Å². The van der Waals surface area contributed by atoms with E-state index in [-0.39, 0.29) is 12.3 Å². The molecular weight excluding hydrogens is 258 g/mol. The van der Waals surface area contributed by atoms with Crippen LogP contribution in [0.25, 0.3) is 0 Å². The molecule has 7 nitrogen and oxygen atoms in total. The molecule has 0 unspecified atom stereocenters. The third kappa shape index (κ3) is 2.52. The van der Waals surface area contributed by atoms with Gasteiger partial charge in [-0.2, -0.15) is 5.10 Å². The first-order valence-electron chi connectivity index (χ1n) is 3.58. The molecule has 8 heteroatoms. The smallest absolute Gasteiger partial charge is 0.390 e. The Morgan fingerprint density at radius 1 is 1.79 bits per heavy atom. The van der Waals surface area contributed by atoms with Crippen molar-refractivity contribution >= 4 is 27.7 Å². The zero-order chi connectivity index (χ0) is 10.6. The van der Waals surface area contributed by atoms with Gasteiger partial charge in [0.25, 0.3) is 0 Å². The lowest BCUT2D eigenvalue weighted by molar-refractivity contribution is -0.389. The van der Waals surface area contributed by atoms with Gasteiger partial charge in [0.15, 0.2) is 5.69 Å². The number of carbonyl (C=O) groups is 1. The summed E-state index contributed by atoms with van der Waals surface area (Å²) in [5.41, 5.74) is -0.0300. The van der Waals surface area contributed by atoms with Crippen LogP contribution in [-0.2, 0) is 4.74 Å². The number of hydrogen-bond acceptors (Lipinski definition) is 5. The third-order valence-corrected chi connectivity index (χ3v) is 1.61. The molecule has 0 aromatic carbocycles. The Morgan fingerprint density at radius 3 is 3.00 bits per heavy atom. The van der Waals surface area contributed by atoms with Crippen LogP contribution in [0.2, 0.25) is 0 Å². The summed E-state index contributed by atoms with van der Waals surface area (Å²) in [5, 5.41) is 16.2. The molecule has 0 aliphatic carbocycles. The quantitative estimate of drug-likeness (QED) is 0.376. The average Bonchev–Trinajstić information content (AvgIpc) is 2.62. The third-order valence-electron chi connectivity index (χ3n) is 1.28. The van der Waals surface area contributed by atoms with Crippen molar-refractivity contribution in [2.75, 3.05) is 11.9 Å². The number of nitrogens with one attached hydrogen (secondary N) is 1. The Labute approximate surface area is 86.7 Å². The van der Waals surface area contributed by atoms with Crippen LogP contribution in [0, 0.1) is 10.1 Å². The Bertz CT molecular complexity index is 351. The van der Waals surface area contributed by atoms with Crippen molar-refractivity contribution in [1.29, 1.82) is 0 Å². The van der Waals surface area contributed by atoms with Gasteiger partial charge in [-0.05, 0) is 4.92 Å². The summed E-state index contributed by atoms with van der Waals surface area (Å²) < 4.78 is 4.69. The lowest BCUT2D eigenvalue weighted by atomic mass is 10.4. The molecule has 1 heterocycles. The van der Waals surface area contributed by atoms with Crippen LogP contribution in [0.1, 0.15) is 10.5 Å². The van der Waals surface area contributed by atoms with E-state index in [0.717, 1.165) is 6.07 Å². The number of nitro groups is 1. The molecule has 1 aromatic heterocycles. The van der Waals surface area contributed by atoms with E-state index >= 15 is 0 Å². The van der Waals surface area contributed by atoms with Crippen molar-refractivity contribution in [1.82, 2.24) is 10.2 Å². The molecular formula is C6H6BrN3O4. The molecule has 1 rings (SSSR count). The Balaban J connectivity index is 2.66. The van der Waals surface area contributed by atoms with Crippen molar-refractivity contribution in [3.63, 3.8) is 0 Å². The monoisotopic (exact) mass is 263 g/mol. The van der Waals surface area contributed by atoms with E-state index in [0.29, 0.717) is 5.33 Å². The first-order valence-corrected chi connectivity index (χ1v) is 4.70. The fourth-order valence-corrected chi connectivity index (χ4v) is 0.880. The van der Waals surface area contributed by atoms with Crippen LogP contribution in [0.15, 0.2) is 6.07 Å². The van der Waals surface area contributed by atoms with E-state index in [2.05, 4.69) is 26.1 Å². The van der Waals surface area contributed by atoms with Crippen LogP contribution in [0.4, 0.5) is 5.82 Å². The number of alkyl halides is 1. The van der Waals surface area contributed by atoms with Gasteiger partial charge >= 0.3 is 11.8 Å². The zero-order valence-electron chi connectivity index (χ0n) is 6.90. The highest BCUT2D eigenvalue weighted by Crippen LogP contribution is 2.08. The Kier molecular flexibility index (Phi) is 3.57.